The summed E-state index contributed by atoms with van der Waals surface area (Å²) in [5, 5.41) is 2.64. The molecule has 0 fully saturated rings. The fraction of sp³-hybridized carbons (Fsp3) is 0.118. The Morgan fingerprint density at radius 3 is 2.57 bits per heavy atom. The van der Waals surface area contributed by atoms with Crippen molar-refractivity contribution in [2.75, 3.05) is 7.11 Å². The van der Waals surface area contributed by atoms with E-state index in [0.717, 1.165) is 11.3 Å². The van der Waals surface area contributed by atoms with Crippen molar-refractivity contribution in [3.8, 4) is 5.75 Å². The second kappa shape index (κ2) is 7.24. The third kappa shape index (κ3) is 4.45. The molecule has 0 aromatic heterocycles. The summed E-state index contributed by atoms with van der Waals surface area (Å²) in [4.78, 5) is 11.7. The van der Waals surface area contributed by atoms with E-state index in [9.17, 15) is 9.18 Å². The van der Waals surface area contributed by atoms with Gasteiger partial charge in [-0.2, -0.15) is 0 Å². The van der Waals surface area contributed by atoms with Crippen molar-refractivity contribution >= 4 is 12.0 Å². The van der Waals surface area contributed by atoms with Gasteiger partial charge >= 0.3 is 0 Å². The van der Waals surface area contributed by atoms with Crippen LogP contribution in [0.25, 0.3) is 6.08 Å². The van der Waals surface area contributed by atoms with Crippen molar-refractivity contribution in [2.45, 2.75) is 6.54 Å². The molecule has 0 heterocycles. The minimum atomic E-state index is -0.322. The predicted molar refractivity (Wildman–Crippen MR) is 80.3 cm³/mol. The maximum atomic E-state index is 13.4. The Hall–Kier alpha value is -2.62. The molecule has 0 saturated heterocycles. The van der Waals surface area contributed by atoms with Gasteiger partial charge in [0, 0.05) is 18.2 Å². The zero-order valence-corrected chi connectivity index (χ0v) is 11.7. The van der Waals surface area contributed by atoms with Crippen LogP contribution in [0, 0.1) is 5.82 Å². The number of methoxy groups -OCH3 is 1. The lowest BCUT2D eigenvalue weighted by Crippen LogP contribution is -2.20. The number of halogens is 1. The number of ether oxygens (including phenoxy) is 1. The highest BCUT2D eigenvalue weighted by Gasteiger charge is 2.01. The molecule has 0 spiro atoms. The Kier molecular flexibility index (Phi) is 5.10. The average molecular weight is 285 g/mol. The molecule has 1 amide bonds. The molecule has 0 radical (unpaired) electrons. The van der Waals surface area contributed by atoms with Crippen LogP contribution in [0.3, 0.4) is 0 Å². The Morgan fingerprint density at radius 1 is 1.19 bits per heavy atom. The van der Waals surface area contributed by atoms with Crippen molar-refractivity contribution in [3.63, 3.8) is 0 Å². The average Bonchev–Trinajstić information content (AvgIpc) is 2.52. The molecule has 0 bridgehead atoms. The first kappa shape index (κ1) is 14.8. The molecule has 2 aromatic rings. The van der Waals surface area contributed by atoms with Crippen molar-refractivity contribution < 1.29 is 13.9 Å². The summed E-state index contributed by atoms with van der Waals surface area (Å²) in [6.07, 6.45) is 3.11. The van der Waals surface area contributed by atoms with Crippen LogP contribution in [0.5, 0.6) is 5.75 Å². The quantitative estimate of drug-likeness (QED) is 0.857. The molecule has 0 atom stereocenters. The summed E-state index contributed by atoms with van der Waals surface area (Å²) < 4.78 is 18.4. The van der Waals surface area contributed by atoms with Crippen molar-refractivity contribution in [2.24, 2.45) is 0 Å². The van der Waals surface area contributed by atoms with Crippen LogP contribution in [-0.4, -0.2) is 13.0 Å². The number of carbonyl (C=O) groups excluding carboxylic acids is 1. The van der Waals surface area contributed by atoms with Crippen LogP contribution in [0.4, 0.5) is 4.39 Å². The summed E-state index contributed by atoms with van der Waals surface area (Å²) in [5.41, 5.74) is 1.35. The molecule has 0 aliphatic carbocycles. The number of hydrogen-bond acceptors (Lipinski definition) is 2. The van der Waals surface area contributed by atoms with Gasteiger partial charge in [0.25, 0.3) is 0 Å². The summed E-state index contributed by atoms with van der Waals surface area (Å²) >= 11 is 0. The topological polar surface area (TPSA) is 38.3 Å². The van der Waals surface area contributed by atoms with Crippen LogP contribution in [0.1, 0.15) is 11.1 Å². The van der Waals surface area contributed by atoms with Gasteiger partial charge in [0.15, 0.2) is 0 Å². The van der Waals surface area contributed by atoms with E-state index in [1.165, 1.54) is 12.1 Å². The van der Waals surface area contributed by atoms with Crippen molar-refractivity contribution in [1.82, 2.24) is 5.32 Å². The zero-order chi connectivity index (χ0) is 15.1. The molecule has 0 aliphatic heterocycles. The van der Waals surface area contributed by atoms with Gasteiger partial charge in [-0.25, -0.2) is 4.39 Å². The zero-order valence-electron chi connectivity index (χ0n) is 11.7. The summed E-state index contributed by atoms with van der Waals surface area (Å²) in [7, 11) is 1.60. The highest BCUT2D eigenvalue weighted by Crippen LogP contribution is 2.12. The first-order valence-electron chi connectivity index (χ1n) is 6.52. The standard InChI is InChI=1S/C17H16FNO2/c1-21-15-9-6-13(7-10-15)8-11-17(20)19-12-14-4-2-3-5-16(14)18/h2-11H,12H2,1H3,(H,19,20)/b11-8+. The minimum absolute atomic E-state index is 0.165. The van der Waals surface area contributed by atoms with Gasteiger partial charge in [0.1, 0.15) is 11.6 Å². The number of rotatable bonds is 5. The molecule has 0 saturated carbocycles. The van der Waals surface area contributed by atoms with Crippen molar-refractivity contribution in [3.05, 3.63) is 71.6 Å². The number of carbonyl (C=O) groups is 1. The number of amides is 1. The lowest BCUT2D eigenvalue weighted by molar-refractivity contribution is -0.116. The summed E-state index contributed by atoms with van der Waals surface area (Å²) in [5.74, 6) is 0.169. The molecule has 4 heteroatoms. The first-order valence-corrected chi connectivity index (χ1v) is 6.52. The van der Waals surface area contributed by atoms with Crippen LogP contribution in [0.15, 0.2) is 54.6 Å². The Labute approximate surface area is 123 Å². The van der Waals surface area contributed by atoms with E-state index < -0.39 is 0 Å². The smallest absolute Gasteiger partial charge is 0.244 e. The first-order chi connectivity index (χ1) is 10.2. The van der Waals surface area contributed by atoms with Gasteiger partial charge in [-0.3, -0.25) is 4.79 Å². The third-order valence-electron chi connectivity index (χ3n) is 2.95. The van der Waals surface area contributed by atoms with Crippen LogP contribution in [-0.2, 0) is 11.3 Å². The molecular weight excluding hydrogens is 269 g/mol. The van der Waals surface area contributed by atoms with E-state index in [0.29, 0.717) is 5.56 Å². The lowest BCUT2D eigenvalue weighted by atomic mass is 10.2. The second-order valence-corrected chi connectivity index (χ2v) is 4.42. The Bertz CT molecular complexity index is 635. The number of nitrogens with one attached hydrogen (secondary N) is 1. The molecule has 0 unspecified atom stereocenters. The molecular formula is C17H16FNO2. The minimum Gasteiger partial charge on any atom is -0.497 e. The van der Waals surface area contributed by atoms with E-state index in [1.54, 1.807) is 31.4 Å². The van der Waals surface area contributed by atoms with Gasteiger partial charge in [-0.15, -0.1) is 0 Å². The second-order valence-electron chi connectivity index (χ2n) is 4.42. The molecule has 2 aromatic carbocycles. The highest BCUT2D eigenvalue weighted by atomic mass is 19.1. The monoisotopic (exact) mass is 285 g/mol. The van der Waals surface area contributed by atoms with E-state index >= 15 is 0 Å². The number of hydrogen-bond donors (Lipinski definition) is 1. The fourth-order valence-corrected chi connectivity index (χ4v) is 1.77. The van der Waals surface area contributed by atoms with Crippen LogP contribution >= 0.6 is 0 Å². The maximum Gasteiger partial charge on any atom is 0.244 e. The van der Waals surface area contributed by atoms with Gasteiger partial charge in [-0.1, -0.05) is 30.3 Å². The molecule has 108 valence electrons. The Balaban J connectivity index is 1.89. The van der Waals surface area contributed by atoms with Gasteiger partial charge in [0.05, 0.1) is 7.11 Å². The van der Waals surface area contributed by atoms with E-state index in [2.05, 4.69) is 5.32 Å². The lowest BCUT2D eigenvalue weighted by Gasteiger charge is -2.03. The van der Waals surface area contributed by atoms with Gasteiger partial charge in [-0.05, 0) is 29.8 Å². The predicted octanol–water partition coefficient (Wildman–Crippen LogP) is 3.16. The molecule has 2 rings (SSSR count). The Morgan fingerprint density at radius 2 is 1.90 bits per heavy atom. The molecule has 21 heavy (non-hydrogen) atoms. The number of benzene rings is 2. The molecule has 3 nitrogen and oxygen atoms in total. The summed E-state index contributed by atoms with van der Waals surface area (Å²) in [6, 6.07) is 13.7. The van der Waals surface area contributed by atoms with Crippen LogP contribution < -0.4 is 10.1 Å². The largest absolute Gasteiger partial charge is 0.497 e. The summed E-state index contributed by atoms with van der Waals surface area (Å²) in [6.45, 7) is 0.165. The maximum absolute atomic E-state index is 13.4. The van der Waals surface area contributed by atoms with Gasteiger partial charge < -0.3 is 10.1 Å². The molecule has 0 aliphatic rings. The van der Waals surface area contributed by atoms with Crippen LogP contribution in [0.2, 0.25) is 0 Å². The fourth-order valence-electron chi connectivity index (χ4n) is 1.77. The van der Waals surface area contributed by atoms with E-state index in [-0.39, 0.29) is 18.3 Å². The van der Waals surface area contributed by atoms with E-state index in [4.69, 9.17) is 4.74 Å². The van der Waals surface area contributed by atoms with Crippen molar-refractivity contribution in [1.29, 1.82) is 0 Å². The SMILES string of the molecule is COc1ccc(/C=C/C(=O)NCc2ccccc2F)cc1. The highest BCUT2D eigenvalue weighted by molar-refractivity contribution is 5.91. The van der Waals surface area contributed by atoms with E-state index in [1.807, 2.05) is 24.3 Å². The van der Waals surface area contributed by atoms with Gasteiger partial charge in [0.2, 0.25) is 5.91 Å². The third-order valence-corrected chi connectivity index (χ3v) is 2.95. The normalized spacial score (nSPS) is 10.6. The molecule has 1 N–H and O–H groups in total.